The van der Waals surface area contributed by atoms with Gasteiger partial charge in [0.15, 0.2) is 17.8 Å². The van der Waals surface area contributed by atoms with Crippen molar-refractivity contribution in [2.75, 3.05) is 26.9 Å². The van der Waals surface area contributed by atoms with Gasteiger partial charge in [-0.2, -0.15) is 0 Å². The first-order valence-corrected chi connectivity index (χ1v) is 9.09. The van der Waals surface area contributed by atoms with E-state index in [1.807, 2.05) is 0 Å². The first kappa shape index (κ1) is 24.0. The Morgan fingerprint density at radius 3 is 2.57 bits per heavy atom. The molecule has 0 bridgehead atoms. The number of aliphatic hydroxyl groups excluding tert-OH is 5. The minimum absolute atomic E-state index is 0.0478. The molecule has 1 heterocycles. The van der Waals surface area contributed by atoms with Crippen LogP contribution in [0.15, 0.2) is 24.3 Å². The maximum atomic E-state index is 11.9. The van der Waals surface area contributed by atoms with E-state index in [1.165, 1.54) is 25.3 Å². The van der Waals surface area contributed by atoms with Gasteiger partial charge in [-0.1, -0.05) is 6.07 Å². The zero-order chi connectivity index (χ0) is 22.3. The Labute approximate surface area is 172 Å². The Kier molecular flexibility index (Phi) is 8.99. The van der Waals surface area contributed by atoms with Crippen molar-refractivity contribution in [1.82, 2.24) is 0 Å². The van der Waals surface area contributed by atoms with E-state index in [0.29, 0.717) is 5.56 Å². The van der Waals surface area contributed by atoms with Crippen molar-refractivity contribution in [3.8, 4) is 11.5 Å². The number of esters is 1. The fourth-order valence-electron chi connectivity index (χ4n) is 2.69. The fraction of sp³-hybridized carbons (Fsp3) is 0.526. The minimum atomic E-state index is -1.64. The molecule has 1 aliphatic rings. The highest BCUT2D eigenvalue weighted by Gasteiger charge is 2.44. The van der Waals surface area contributed by atoms with Crippen molar-refractivity contribution in [3.05, 3.63) is 29.8 Å². The van der Waals surface area contributed by atoms with Crippen LogP contribution in [-0.4, -0.2) is 100 Å². The fourth-order valence-corrected chi connectivity index (χ4v) is 2.69. The number of carbonyl (C=O) groups is 1. The summed E-state index contributed by atoms with van der Waals surface area (Å²) < 4.78 is 20.4. The third kappa shape index (κ3) is 6.12. The van der Waals surface area contributed by atoms with Gasteiger partial charge in [0.1, 0.15) is 37.1 Å². The Hall–Kier alpha value is -2.25. The van der Waals surface area contributed by atoms with Crippen molar-refractivity contribution in [2.24, 2.45) is 0 Å². The second kappa shape index (κ2) is 11.2. The lowest BCUT2D eigenvalue weighted by Gasteiger charge is -2.40. The van der Waals surface area contributed by atoms with Gasteiger partial charge in [0.2, 0.25) is 0 Å². The molecule has 1 aromatic carbocycles. The Balaban J connectivity index is 1.89. The first-order valence-electron chi connectivity index (χ1n) is 9.09. The van der Waals surface area contributed by atoms with Gasteiger partial charge in [-0.05, 0) is 23.8 Å². The van der Waals surface area contributed by atoms with Crippen LogP contribution in [0.4, 0.5) is 0 Å². The van der Waals surface area contributed by atoms with E-state index < -0.39 is 62.6 Å². The smallest absolute Gasteiger partial charge is 0.330 e. The standard InChI is InChI=1S/C19H26O11/c1-27-13-6-10(2-4-12(13)22)3-5-15(23)28-9-11(7-20)29-19-18(26)17(25)16(24)14(8-21)30-19/h2-6,11,14,16-22,24-26H,7-9H2,1H3. The van der Waals surface area contributed by atoms with Crippen molar-refractivity contribution < 1.29 is 54.4 Å². The summed E-state index contributed by atoms with van der Waals surface area (Å²) in [6, 6.07) is 4.47. The molecule has 0 aromatic heterocycles. The van der Waals surface area contributed by atoms with E-state index in [2.05, 4.69) is 0 Å². The number of hydrogen-bond acceptors (Lipinski definition) is 11. The summed E-state index contributed by atoms with van der Waals surface area (Å²) in [5.41, 5.74) is 0.567. The van der Waals surface area contributed by atoms with Gasteiger partial charge in [0.05, 0.1) is 20.3 Å². The van der Waals surface area contributed by atoms with Gasteiger partial charge in [-0.15, -0.1) is 0 Å². The molecule has 0 aliphatic carbocycles. The molecular formula is C19H26O11. The van der Waals surface area contributed by atoms with Gasteiger partial charge in [0.25, 0.3) is 0 Å². The van der Waals surface area contributed by atoms with E-state index in [1.54, 1.807) is 6.07 Å². The zero-order valence-electron chi connectivity index (χ0n) is 16.2. The molecule has 6 atom stereocenters. The zero-order valence-corrected chi connectivity index (χ0v) is 16.2. The van der Waals surface area contributed by atoms with Crippen LogP contribution in [0.2, 0.25) is 0 Å². The molecule has 168 valence electrons. The third-order valence-electron chi connectivity index (χ3n) is 4.41. The molecule has 0 radical (unpaired) electrons. The topological polar surface area (TPSA) is 175 Å². The number of carbonyl (C=O) groups excluding carboxylic acids is 1. The largest absolute Gasteiger partial charge is 0.504 e. The summed E-state index contributed by atoms with van der Waals surface area (Å²) in [6.07, 6.45) is -6.00. The van der Waals surface area contributed by atoms with Crippen LogP contribution in [0, 0.1) is 0 Å². The summed E-state index contributed by atoms with van der Waals surface area (Å²) >= 11 is 0. The molecule has 0 amide bonds. The second-order valence-corrected chi connectivity index (χ2v) is 6.53. The average Bonchev–Trinajstić information content (AvgIpc) is 2.75. The molecular weight excluding hydrogens is 404 g/mol. The van der Waals surface area contributed by atoms with Crippen LogP contribution in [-0.2, 0) is 19.0 Å². The van der Waals surface area contributed by atoms with Crippen LogP contribution in [0.1, 0.15) is 5.56 Å². The molecule has 1 aliphatic heterocycles. The van der Waals surface area contributed by atoms with E-state index in [9.17, 15) is 35.4 Å². The van der Waals surface area contributed by atoms with Gasteiger partial charge in [-0.3, -0.25) is 0 Å². The van der Waals surface area contributed by atoms with Crippen molar-refractivity contribution >= 4 is 12.0 Å². The quantitative estimate of drug-likeness (QED) is 0.191. The highest BCUT2D eigenvalue weighted by molar-refractivity contribution is 5.87. The SMILES string of the molecule is COc1cc(C=CC(=O)OCC(CO)OC2OC(CO)C(O)C(O)C2O)ccc1O. The van der Waals surface area contributed by atoms with Gasteiger partial charge < -0.3 is 49.6 Å². The summed E-state index contributed by atoms with van der Waals surface area (Å²) in [4.78, 5) is 11.9. The van der Waals surface area contributed by atoms with Crippen molar-refractivity contribution in [1.29, 1.82) is 0 Å². The predicted molar refractivity (Wildman–Crippen MR) is 100 cm³/mol. The molecule has 2 rings (SSSR count). The van der Waals surface area contributed by atoms with E-state index in [-0.39, 0.29) is 11.5 Å². The highest BCUT2D eigenvalue weighted by atomic mass is 16.7. The maximum Gasteiger partial charge on any atom is 0.330 e. The minimum Gasteiger partial charge on any atom is -0.504 e. The number of phenolic OH excluding ortho intramolecular Hbond substituents is 1. The lowest BCUT2D eigenvalue weighted by atomic mass is 9.99. The lowest BCUT2D eigenvalue weighted by Crippen LogP contribution is -2.60. The Morgan fingerprint density at radius 1 is 1.20 bits per heavy atom. The summed E-state index contributed by atoms with van der Waals surface area (Å²) in [6.45, 7) is -1.62. The second-order valence-electron chi connectivity index (χ2n) is 6.53. The van der Waals surface area contributed by atoms with Crippen LogP contribution < -0.4 is 4.74 Å². The van der Waals surface area contributed by atoms with E-state index in [4.69, 9.17) is 18.9 Å². The summed E-state index contributed by atoms with van der Waals surface area (Å²) in [5.74, 6) is -0.565. The normalized spacial score (nSPS) is 27.7. The molecule has 1 aromatic rings. The Bertz CT molecular complexity index is 720. The molecule has 0 saturated carbocycles. The van der Waals surface area contributed by atoms with E-state index >= 15 is 0 Å². The molecule has 30 heavy (non-hydrogen) atoms. The molecule has 11 nitrogen and oxygen atoms in total. The van der Waals surface area contributed by atoms with Crippen LogP contribution in [0.3, 0.4) is 0 Å². The van der Waals surface area contributed by atoms with Gasteiger partial charge in [-0.25, -0.2) is 4.79 Å². The molecule has 6 unspecified atom stereocenters. The number of ether oxygens (including phenoxy) is 4. The van der Waals surface area contributed by atoms with Crippen LogP contribution in [0.25, 0.3) is 6.08 Å². The van der Waals surface area contributed by atoms with Crippen molar-refractivity contribution in [3.63, 3.8) is 0 Å². The monoisotopic (exact) mass is 430 g/mol. The number of methoxy groups -OCH3 is 1. The van der Waals surface area contributed by atoms with Crippen molar-refractivity contribution in [2.45, 2.75) is 36.8 Å². The maximum absolute atomic E-state index is 11.9. The predicted octanol–water partition coefficient (Wildman–Crippen LogP) is -1.87. The number of rotatable bonds is 9. The van der Waals surface area contributed by atoms with E-state index in [0.717, 1.165) is 6.08 Å². The first-order chi connectivity index (χ1) is 14.3. The van der Waals surface area contributed by atoms with Gasteiger partial charge >= 0.3 is 5.97 Å². The summed E-state index contributed by atoms with van der Waals surface area (Å²) in [7, 11) is 1.39. The Morgan fingerprint density at radius 2 is 1.93 bits per heavy atom. The lowest BCUT2D eigenvalue weighted by molar-refractivity contribution is -0.315. The summed E-state index contributed by atoms with van der Waals surface area (Å²) in [5, 5.41) is 57.6. The van der Waals surface area contributed by atoms with Crippen LogP contribution >= 0.6 is 0 Å². The third-order valence-corrected chi connectivity index (χ3v) is 4.41. The average molecular weight is 430 g/mol. The van der Waals surface area contributed by atoms with Gasteiger partial charge in [0, 0.05) is 6.08 Å². The molecule has 11 heteroatoms. The number of hydrogen-bond donors (Lipinski definition) is 6. The number of aromatic hydroxyl groups is 1. The number of phenols is 1. The molecule has 1 saturated heterocycles. The molecule has 6 N–H and O–H groups in total. The number of benzene rings is 1. The molecule has 0 spiro atoms. The van der Waals surface area contributed by atoms with Crippen LogP contribution in [0.5, 0.6) is 11.5 Å². The molecule has 1 fully saturated rings. The number of aliphatic hydroxyl groups is 5. The highest BCUT2D eigenvalue weighted by Crippen LogP contribution is 2.27.